The van der Waals surface area contributed by atoms with E-state index in [4.69, 9.17) is 9.47 Å². The fourth-order valence-electron chi connectivity index (χ4n) is 3.86. The van der Waals surface area contributed by atoms with Crippen LogP contribution in [0.5, 0.6) is 5.88 Å². The Kier molecular flexibility index (Phi) is 6.29. The van der Waals surface area contributed by atoms with Crippen molar-refractivity contribution < 1.29 is 27.4 Å². The van der Waals surface area contributed by atoms with Crippen LogP contribution in [-0.2, 0) is 9.53 Å². The average molecular weight is 435 g/mol. The van der Waals surface area contributed by atoms with Crippen LogP contribution < -0.4 is 9.64 Å². The van der Waals surface area contributed by atoms with Crippen molar-refractivity contribution in [2.45, 2.75) is 45.1 Å². The van der Waals surface area contributed by atoms with Crippen molar-refractivity contribution in [2.24, 2.45) is 5.92 Å². The third-order valence-electron chi connectivity index (χ3n) is 5.75. The lowest BCUT2D eigenvalue weighted by Gasteiger charge is -2.25. The molecule has 1 aromatic carbocycles. The number of hydrogen-bond acceptors (Lipinski definition) is 6. The maximum atomic E-state index is 14.9. The summed E-state index contributed by atoms with van der Waals surface area (Å²) in [5.74, 6) is -2.52. The number of esters is 1. The van der Waals surface area contributed by atoms with E-state index in [9.17, 15) is 18.0 Å². The van der Waals surface area contributed by atoms with Crippen LogP contribution in [0.2, 0.25) is 0 Å². The molecule has 2 aliphatic rings. The van der Waals surface area contributed by atoms with Gasteiger partial charge in [0.05, 0.1) is 12.8 Å². The Morgan fingerprint density at radius 1 is 1.16 bits per heavy atom. The van der Waals surface area contributed by atoms with E-state index in [1.807, 2.05) is 0 Å². The Morgan fingerprint density at radius 2 is 1.90 bits per heavy atom. The molecule has 0 radical (unpaired) electrons. The van der Waals surface area contributed by atoms with E-state index in [0.717, 1.165) is 44.0 Å². The van der Waals surface area contributed by atoms with Gasteiger partial charge in [-0.05, 0) is 50.2 Å². The first kappa shape index (κ1) is 21.4. The topological polar surface area (TPSA) is 64.5 Å². The number of benzene rings is 1. The number of anilines is 1. The molecule has 2 aromatic rings. The van der Waals surface area contributed by atoms with Gasteiger partial charge in [-0.3, -0.25) is 4.79 Å². The number of halogens is 3. The monoisotopic (exact) mass is 435 g/mol. The third-order valence-corrected chi connectivity index (χ3v) is 5.75. The van der Waals surface area contributed by atoms with E-state index < -0.39 is 17.5 Å². The van der Waals surface area contributed by atoms with E-state index in [0.29, 0.717) is 26.1 Å². The first-order valence-corrected chi connectivity index (χ1v) is 10.5. The first-order chi connectivity index (χ1) is 14.9. The van der Waals surface area contributed by atoms with Gasteiger partial charge in [0.25, 0.3) is 5.88 Å². The SMILES string of the molecule is CC(=O)OCCC1CCN(c2c(F)cc(-c3ncc(F)c(OC4CCC4)n3)cc2F)C1. The maximum Gasteiger partial charge on any atom is 0.302 e. The van der Waals surface area contributed by atoms with E-state index in [1.165, 1.54) is 6.92 Å². The summed E-state index contributed by atoms with van der Waals surface area (Å²) >= 11 is 0. The minimum atomic E-state index is -0.731. The van der Waals surface area contributed by atoms with Gasteiger partial charge in [0.2, 0.25) is 5.82 Å². The van der Waals surface area contributed by atoms with Crippen LogP contribution in [0.25, 0.3) is 11.4 Å². The molecule has 1 aromatic heterocycles. The number of carbonyl (C=O) groups is 1. The molecule has 1 unspecified atom stereocenters. The molecule has 0 amide bonds. The summed E-state index contributed by atoms with van der Waals surface area (Å²) < 4.78 is 54.2. The second-order valence-corrected chi connectivity index (χ2v) is 8.04. The van der Waals surface area contributed by atoms with Gasteiger partial charge in [-0.25, -0.2) is 13.8 Å². The Labute approximate surface area is 178 Å². The second kappa shape index (κ2) is 9.11. The van der Waals surface area contributed by atoms with Gasteiger partial charge < -0.3 is 14.4 Å². The number of aromatic nitrogens is 2. The minimum Gasteiger partial charge on any atom is -0.472 e. The maximum absolute atomic E-state index is 14.9. The molecule has 1 saturated carbocycles. The van der Waals surface area contributed by atoms with Crippen LogP contribution >= 0.6 is 0 Å². The minimum absolute atomic E-state index is 0.000698. The smallest absolute Gasteiger partial charge is 0.302 e. The predicted molar refractivity (Wildman–Crippen MR) is 107 cm³/mol. The molecule has 4 rings (SSSR count). The van der Waals surface area contributed by atoms with Crippen molar-refractivity contribution >= 4 is 11.7 Å². The molecule has 166 valence electrons. The quantitative estimate of drug-likeness (QED) is 0.606. The Hall–Kier alpha value is -2.84. The van der Waals surface area contributed by atoms with Gasteiger partial charge in [0.15, 0.2) is 5.82 Å². The first-order valence-electron chi connectivity index (χ1n) is 10.5. The fraction of sp³-hybridized carbons (Fsp3) is 0.500. The van der Waals surface area contributed by atoms with Gasteiger partial charge in [-0.2, -0.15) is 9.37 Å². The number of rotatable bonds is 7. The predicted octanol–water partition coefficient (Wildman–Crippen LogP) is 4.27. The fourth-order valence-corrected chi connectivity index (χ4v) is 3.86. The highest BCUT2D eigenvalue weighted by Crippen LogP contribution is 2.34. The Bertz CT molecular complexity index is 945. The molecule has 1 aliphatic carbocycles. The van der Waals surface area contributed by atoms with Crippen LogP contribution in [0, 0.1) is 23.4 Å². The van der Waals surface area contributed by atoms with Crippen LogP contribution in [0.3, 0.4) is 0 Å². The van der Waals surface area contributed by atoms with Crippen LogP contribution in [0.4, 0.5) is 18.9 Å². The molecule has 1 aliphatic heterocycles. The number of ether oxygens (including phenoxy) is 2. The molecule has 2 heterocycles. The van der Waals surface area contributed by atoms with Crippen LogP contribution in [0.1, 0.15) is 39.0 Å². The molecule has 1 saturated heterocycles. The van der Waals surface area contributed by atoms with E-state index in [1.54, 1.807) is 4.90 Å². The molecular formula is C22H24F3N3O3. The molecular weight excluding hydrogens is 411 g/mol. The number of hydrogen-bond donors (Lipinski definition) is 0. The largest absolute Gasteiger partial charge is 0.472 e. The highest BCUT2D eigenvalue weighted by atomic mass is 19.1. The summed E-state index contributed by atoms with van der Waals surface area (Å²) in [7, 11) is 0. The Balaban J connectivity index is 1.49. The molecule has 31 heavy (non-hydrogen) atoms. The number of nitrogens with zero attached hydrogens (tertiary/aromatic N) is 3. The molecule has 0 spiro atoms. The summed E-state index contributed by atoms with van der Waals surface area (Å²) in [4.78, 5) is 20.4. The molecule has 0 N–H and O–H groups in total. The van der Waals surface area contributed by atoms with Crippen molar-refractivity contribution in [2.75, 3.05) is 24.6 Å². The van der Waals surface area contributed by atoms with Gasteiger partial charge in [0, 0.05) is 25.6 Å². The van der Waals surface area contributed by atoms with Gasteiger partial charge in [-0.15, -0.1) is 0 Å². The van der Waals surface area contributed by atoms with Gasteiger partial charge in [0.1, 0.15) is 23.4 Å². The molecule has 9 heteroatoms. The molecule has 1 atom stereocenters. The summed E-state index contributed by atoms with van der Waals surface area (Å²) in [5, 5.41) is 0. The zero-order valence-electron chi connectivity index (χ0n) is 17.2. The number of carbonyl (C=O) groups excluding carboxylic acids is 1. The Morgan fingerprint density at radius 3 is 2.55 bits per heavy atom. The van der Waals surface area contributed by atoms with E-state index in [-0.39, 0.29) is 40.9 Å². The van der Waals surface area contributed by atoms with Crippen molar-refractivity contribution in [3.05, 3.63) is 35.8 Å². The zero-order chi connectivity index (χ0) is 22.0. The average Bonchev–Trinajstić information content (AvgIpc) is 3.13. The summed E-state index contributed by atoms with van der Waals surface area (Å²) in [6.07, 6.45) is 4.94. The summed E-state index contributed by atoms with van der Waals surface area (Å²) in [5.41, 5.74) is 0.00889. The lowest BCUT2D eigenvalue weighted by Crippen LogP contribution is -2.25. The van der Waals surface area contributed by atoms with Crippen LogP contribution in [0.15, 0.2) is 18.3 Å². The highest BCUT2D eigenvalue weighted by Gasteiger charge is 2.28. The summed E-state index contributed by atoms with van der Waals surface area (Å²) in [6.45, 7) is 2.62. The standard InChI is InChI=1S/C22H24F3N3O3/c1-13(29)30-8-6-14-5-7-28(12-14)20-17(23)9-15(10-18(20)24)21-26-11-19(25)22(27-21)31-16-3-2-4-16/h9-11,14,16H,2-8,12H2,1H3. The lowest BCUT2D eigenvalue weighted by molar-refractivity contribution is -0.141. The lowest BCUT2D eigenvalue weighted by atomic mass is 9.96. The third kappa shape index (κ3) is 4.91. The summed E-state index contributed by atoms with van der Waals surface area (Å²) in [6, 6.07) is 2.32. The molecule has 0 bridgehead atoms. The highest BCUT2D eigenvalue weighted by molar-refractivity contribution is 5.66. The zero-order valence-corrected chi connectivity index (χ0v) is 17.2. The van der Waals surface area contributed by atoms with Gasteiger partial charge >= 0.3 is 5.97 Å². The van der Waals surface area contributed by atoms with Crippen molar-refractivity contribution in [1.29, 1.82) is 0 Å². The van der Waals surface area contributed by atoms with E-state index >= 15 is 0 Å². The molecule has 2 fully saturated rings. The van der Waals surface area contributed by atoms with Crippen molar-refractivity contribution in [3.63, 3.8) is 0 Å². The van der Waals surface area contributed by atoms with Gasteiger partial charge in [-0.1, -0.05) is 0 Å². The van der Waals surface area contributed by atoms with Crippen molar-refractivity contribution in [1.82, 2.24) is 9.97 Å². The second-order valence-electron chi connectivity index (χ2n) is 8.04. The normalized spacial score (nSPS) is 18.7. The molecule has 6 nitrogen and oxygen atoms in total. The van der Waals surface area contributed by atoms with Crippen molar-refractivity contribution in [3.8, 4) is 17.3 Å². The van der Waals surface area contributed by atoms with E-state index in [2.05, 4.69) is 9.97 Å². The van der Waals surface area contributed by atoms with Crippen LogP contribution in [-0.4, -0.2) is 41.7 Å².